The van der Waals surface area contributed by atoms with E-state index in [0.29, 0.717) is 6.54 Å². The van der Waals surface area contributed by atoms with Crippen LogP contribution in [0.4, 0.5) is 4.79 Å². The van der Waals surface area contributed by atoms with Gasteiger partial charge in [0.2, 0.25) is 0 Å². The van der Waals surface area contributed by atoms with E-state index in [1.165, 1.54) is 32.3 Å². The second-order valence-electron chi connectivity index (χ2n) is 6.60. The monoisotopic (exact) mass is 373 g/mol. The fraction of sp³-hybridized carbons (Fsp3) is 0.0870. The third kappa shape index (κ3) is 2.54. The van der Waals surface area contributed by atoms with Crippen LogP contribution in [0, 0.1) is 0 Å². The van der Waals surface area contributed by atoms with Crippen molar-refractivity contribution in [1.29, 1.82) is 0 Å². The second-order valence-corrected chi connectivity index (χ2v) is 6.91. The molecule has 1 aromatic heterocycles. The van der Waals surface area contributed by atoms with Crippen LogP contribution < -0.4 is 0 Å². The molecule has 0 bridgehead atoms. The van der Waals surface area contributed by atoms with Crippen LogP contribution in [-0.4, -0.2) is 16.6 Å². The summed E-state index contributed by atoms with van der Waals surface area (Å²) in [5.41, 5.74) is 1.52. The van der Waals surface area contributed by atoms with Gasteiger partial charge in [-0.2, -0.15) is 0 Å². The number of hydrogen-bond acceptors (Lipinski definition) is 2. The standard InChI is InChI=1S/C23H16ClNO2/c24-23(26)27-14-13-25-20-12-10-15-5-1-3-7-17(15)21(20)19-11-9-16-6-2-4-8-18(16)22(19)25/h1-12H,13-14H2. The average molecular weight is 374 g/mol. The number of hydrogen-bond donors (Lipinski definition) is 0. The molecule has 0 radical (unpaired) electrons. The highest BCUT2D eigenvalue weighted by atomic mass is 35.5. The predicted octanol–water partition coefficient (Wildman–Crippen LogP) is 6.48. The van der Waals surface area contributed by atoms with Gasteiger partial charge in [0.15, 0.2) is 0 Å². The summed E-state index contributed by atoms with van der Waals surface area (Å²) in [7, 11) is 0. The summed E-state index contributed by atoms with van der Waals surface area (Å²) < 4.78 is 7.25. The minimum absolute atomic E-state index is 0.233. The molecule has 0 aliphatic carbocycles. The Hall–Kier alpha value is -3.04. The van der Waals surface area contributed by atoms with Crippen LogP contribution in [0.1, 0.15) is 0 Å². The SMILES string of the molecule is O=C(Cl)OCCn1c2ccc3ccccc3c2c2ccc3ccccc3c21. The van der Waals surface area contributed by atoms with Crippen molar-refractivity contribution >= 4 is 60.4 Å². The van der Waals surface area contributed by atoms with Gasteiger partial charge in [-0.15, -0.1) is 0 Å². The van der Waals surface area contributed by atoms with E-state index in [1.807, 2.05) is 6.07 Å². The molecule has 0 saturated heterocycles. The van der Waals surface area contributed by atoms with Crippen LogP contribution >= 0.6 is 11.6 Å². The van der Waals surface area contributed by atoms with E-state index in [4.69, 9.17) is 16.3 Å². The quantitative estimate of drug-likeness (QED) is 0.339. The number of ether oxygens (including phenoxy) is 1. The maximum Gasteiger partial charge on any atom is 0.403 e. The Kier molecular flexibility index (Phi) is 3.76. The van der Waals surface area contributed by atoms with Crippen molar-refractivity contribution in [2.24, 2.45) is 0 Å². The van der Waals surface area contributed by atoms with Gasteiger partial charge in [0.25, 0.3) is 0 Å². The van der Waals surface area contributed by atoms with Crippen LogP contribution in [0.2, 0.25) is 0 Å². The molecule has 0 aliphatic rings. The molecule has 4 heteroatoms. The molecule has 5 rings (SSSR count). The summed E-state index contributed by atoms with van der Waals surface area (Å²) in [5, 5.41) is 7.25. The van der Waals surface area contributed by atoms with Gasteiger partial charge >= 0.3 is 5.43 Å². The van der Waals surface area contributed by atoms with Crippen molar-refractivity contribution in [3.63, 3.8) is 0 Å². The minimum Gasteiger partial charge on any atom is -0.452 e. The topological polar surface area (TPSA) is 31.2 Å². The fourth-order valence-corrected chi connectivity index (χ4v) is 4.16. The zero-order chi connectivity index (χ0) is 18.4. The van der Waals surface area contributed by atoms with E-state index >= 15 is 0 Å². The van der Waals surface area contributed by atoms with Gasteiger partial charge in [0, 0.05) is 33.3 Å². The molecule has 1 heterocycles. The molecule has 4 aromatic carbocycles. The van der Waals surface area contributed by atoms with Crippen molar-refractivity contribution in [2.75, 3.05) is 6.61 Å². The smallest absolute Gasteiger partial charge is 0.403 e. The van der Waals surface area contributed by atoms with E-state index < -0.39 is 5.43 Å². The van der Waals surface area contributed by atoms with E-state index in [1.54, 1.807) is 0 Å². The van der Waals surface area contributed by atoms with Gasteiger partial charge in [0.05, 0.1) is 12.1 Å². The Balaban J connectivity index is 1.91. The van der Waals surface area contributed by atoms with Gasteiger partial charge < -0.3 is 9.30 Å². The Labute approximate surface area is 160 Å². The molecule has 3 nitrogen and oxygen atoms in total. The zero-order valence-corrected chi connectivity index (χ0v) is 15.2. The molecule has 0 saturated carbocycles. The average Bonchev–Trinajstić information content (AvgIpc) is 3.02. The molecule has 0 fully saturated rings. The number of benzene rings is 4. The molecular formula is C23H16ClNO2. The van der Waals surface area contributed by atoms with E-state index in [2.05, 4.69) is 71.3 Å². The first-order chi connectivity index (χ1) is 13.2. The molecule has 0 unspecified atom stereocenters. The Morgan fingerprint density at radius 3 is 2.26 bits per heavy atom. The Bertz CT molecular complexity index is 1340. The van der Waals surface area contributed by atoms with Crippen molar-refractivity contribution in [1.82, 2.24) is 4.57 Å². The van der Waals surface area contributed by atoms with Crippen LogP contribution in [0.5, 0.6) is 0 Å². The minimum atomic E-state index is -0.772. The summed E-state index contributed by atoms with van der Waals surface area (Å²) in [6, 6.07) is 25.4. The van der Waals surface area contributed by atoms with E-state index in [0.717, 1.165) is 11.0 Å². The first-order valence-electron chi connectivity index (χ1n) is 8.88. The molecular weight excluding hydrogens is 358 g/mol. The van der Waals surface area contributed by atoms with Gasteiger partial charge in [-0.3, -0.25) is 0 Å². The van der Waals surface area contributed by atoms with Crippen molar-refractivity contribution in [2.45, 2.75) is 6.54 Å². The van der Waals surface area contributed by atoms with Crippen LogP contribution in [0.25, 0.3) is 43.4 Å². The Morgan fingerprint density at radius 1 is 0.815 bits per heavy atom. The molecule has 27 heavy (non-hydrogen) atoms. The number of carbonyl (C=O) groups is 1. The lowest BCUT2D eigenvalue weighted by atomic mass is 10.0. The lowest BCUT2D eigenvalue weighted by molar-refractivity contribution is 0.169. The summed E-state index contributed by atoms with van der Waals surface area (Å²) >= 11 is 5.36. The lowest BCUT2D eigenvalue weighted by Gasteiger charge is -2.09. The highest BCUT2D eigenvalue weighted by Gasteiger charge is 2.15. The van der Waals surface area contributed by atoms with Crippen LogP contribution in [0.3, 0.4) is 0 Å². The molecule has 0 N–H and O–H groups in total. The first kappa shape index (κ1) is 16.2. The predicted molar refractivity (Wildman–Crippen MR) is 112 cm³/mol. The largest absolute Gasteiger partial charge is 0.452 e. The molecule has 0 amide bonds. The van der Waals surface area contributed by atoms with Crippen LogP contribution in [0.15, 0.2) is 72.8 Å². The third-order valence-corrected chi connectivity index (χ3v) is 5.28. The Morgan fingerprint density at radius 2 is 1.48 bits per heavy atom. The molecule has 5 aromatic rings. The number of fused-ring (bicyclic) bond motifs is 7. The second kappa shape index (κ2) is 6.29. The van der Waals surface area contributed by atoms with Crippen molar-refractivity contribution < 1.29 is 9.53 Å². The summed E-state index contributed by atoms with van der Waals surface area (Å²) in [5.74, 6) is 0. The van der Waals surface area contributed by atoms with Crippen molar-refractivity contribution in [3.05, 3.63) is 72.8 Å². The lowest BCUT2D eigenvalue weighted by Crippen LogP contribution is -2.07. The van der Waals surface area contributed by atoms with Crippen molar-refractivity contribution in [3.8, 4) is 0 Å². The van der Waals surface area contributed by atoms with E-state index in [9.17, 15) is 4.79 Å². The number of aromatic nitrogens is 1. The molecule has 132 valence electrons. The van der Waals surface area contributed by atoms with Gasteiger partial charge in [-0.05, 0) is 22.2 Å². The summed E-state index contributed by atoms with van der Waals surface area (Å²) in [4.78, 5) is 11.0. The van der Waals surface area contributed by atoms with Gasteiger partial charge in [0.1, 0.15) is 6.61 Å². The fourth-order valence-electron chi connectivity index (χ4n) is 4.09. The number of rotatable bonds is 3. The first-order valence-corrected chi connectivity index (χ1v) is 9.25. The summed E-state index contributed by atoms with van der Waals surface area (Å²) in [6.07, 6.45) is 0. The number of carbonyl (C=O) groups excluding carboxylic acids is 1. The molecule has 0 spiro atoms. The number of nitrogens with zero attached hydrogens (tertiary/aromatic N) is 1. The normalized spacial score (nSPS) is 11.6. The van der Waals surface area contributed by atoms with E-state index in [-0.39, 0.29) is 6.61 Å². The summed E-state index contributed by atoms with van der Waals surface area (Å²) in [6.45, 7) is 0.780. The van der Waals surface area contributed by atoms with Gasteiger partial charge in [-0.1, -0.05) is 66.7 Å². The highest BCUT2D eigenvalue weighted by Crippen LogP contribution is 2.38. The maximum absolute atomic E-state index is 11.0. The maximum atomic E-state index is 11.0. The highest BCUT2D eigenvalue weighted by molar-refractivity contribution is 6.61. The van der Waals surface area contributed by atoms with Crippen LogP contribution in [-0.2, 0) is 11.3 Å². The molecule has 0 aliphatic heterocycles. The zero-order valence-electron chi connectivity index (χ0n) is 14.5. The van der Waals surface area contributed by atoms with Gasteiger partial charge in [-0.25, -0.2) is 4.79 Å². The third-order valence-electron chi connectivity index (χ3n) is 5.17. The molecule has 0 atom stereocenters. The number of halogens is 1.